The van der Waals surface area contributed by atoms with Gasteiger partial charge in [-0.3, -0.25) is 14.1 Å². The number of pyridine rings is 1. The van der Waals surface area contributed by atoms with Crippen molar-refractivity contribution in [3.05, 3.63) is 42.9 Å². The zero-order valence-electron chi connectivity index (χ0n) is 21.0. The molecule has 0 saturated carbocycles. The van der Waals surface area contributed by atoms with Crippen molar-refractivity contribution in [2.75, 3.05) is 42.6 Å². The molecule has 0 fully saturated rings. The fourth-order valence-electron chi connectivity index (χ4n) is 3.86. The number of anilines is 2. The number of hydrogen-bond acceptors (Lipinski definition) is 9. The Morgan fingerprint density at radius 2 is 1.84 bits per heavy atom. The minimum Gasteiger partial charge on any atom is -0.480 e. The topological polar surface area (TPSA) is 176 Å². The molecule has 0 unspecified atom stereocenters. The van der Waals surface area contributed by atoms with Crippen molar-refractivity contribution in [2.45, 2.75) is 13.5 Å². The van der Waals surface area contributed by atoms with E-state index < -0.39 is 16.0 Å². The molecular formula is C24H29N7O6S. The predicted octanol–water partition coefficient (Wildman–Crippen LogP) is 1.96. The summed E-state index contributed by atoms with van der Waals surface area (Å²) in [5.74, 6) is -0.706. The molecule has 0 aliphatic rings. The number of carboxylic acids is 1. The van der Waals surface area contributed by atoms with Gasteiger partial charge in [0.15, 0.2) is 0 Å². The molecule has 0 aliphatic carbocycles. The van der Waals surface area contributed by atoms with Crippen LogP contribution in [-0.4, -0.2) is 76.2 Å². The van der Waals surface area contributed by atoms with E-state index in [0.717, 1.165) is 22.2 Å². The second kappa shape index (κ2) is 11.6. The summed E-state index contributed by atoms with van der Waals surface area (Å²) in [6.45, 7) is 2.59. The number of carbonyl (C=O) groups is 1. The number of benzene rings is 1. The minimum atomic E-state index is -3.38. The van der Waals surface area contributed by atoms with Crippen LogP contribution in [0.25, 0.3) is 33.3 Å². The van der Waals surface area contributed by atoms with E-state index in [0.29, 0.717) is 35.7 Å². The quantitative estimate of drug-likeness (QED) is 0.211. The maximum absolute atomic E-state index is 11.9. The van der Waals surface area contributed by atoms with E-state index in [9.17, 15) is 13.2 Å². The molecule has 13 nitrogen and oxygen atoms in total. The van der Waals surface area contributed by atoms with Crippen LogP contribution >= 0.6 is 0 Å². The van der Waals surface area contributed by atoms with Gasteiger partial charge in [0.25, 0.3) is 0 Å². The third kappa shape index (κ3) is 6.27. The number of fused-ring (bicyclic) bond motifs is 1. The van der Waals surface area contributed by atoms with E-state index >= 15 is 0 Å². The van der Waals surface area contributed by atoms with Crippen molar-refractivity contribution in [3.63, 3.8) is 0 Å². The molecule has 4 rings (SSSR count). The van der Waals surface area contributed by atoms with E-state index in [1.807, 2.05) is 13.2 Å². The second-order valence-corrected chi connectivity index (χ2v) is 10.4. The Morgan fingerprint density at radius 1 is 1.11 bits per heavy atom. The summed E-state index contributed by atoms with van der Waals surface area (Å²) < 4.78 is 40.1. The highest BCUT2D eigenvalue weighted by atomic mass is 32.2. The number of nitrogens with zero attached hydrogens (tertiary/aromatic N) is 5. The van der Waals surface area contributed by atoms with E-state index in [2.05, 4.69) is 14.8 Å². The van der Waals surface area contributed by atoms with Crippen LogP contribution < -0.4 is 10.5 Å². The van der Waals surface area contributed by atoms with Crippen molar-refractivity contribution in [2.24, 2.45) is 7.05 Å². The molecule has 202 valence electrons. The van der Waals surface area contributed by atoms with Crippen LogP contribution in [0.5, 0.6) is 0 Å². The predicted molar refractivity (Wildman–Crippen MR) is 142 cm³/mol. The lowest BCUT2D eigenvalue weighted by Crippen LogP contribution is -2.14. The third-order valence-electron chi connectivity index (χ3n) is 5.71. The number of hydrogen-bond donors (Lipinski definition) is 3. The molecule has 0 amide bonds. The Labute approximate surface area is 219 Å². The molecule has 0 atom stereocenters. The van der Waals surface area contributed by atoms with Gasteiger partial charge in [-0.05, 0) is 19.1 Å². The Morgan fingerprint density at radius 3 is 2.55 bits per heavy atom. The molecule has 0 bridgehead atoms. The molecule has 0 spiro atoms. The SMILES string of the molecule is CCS(=O)(=O)Nc1ccc(-c2nn(C)c3c(-c4cnn(CCOCCOCC(=O)O)c4)cnc(N)c23)cc1. The van der Waals surface area contributed by atoms with Crippen LogP contribution in [-0.2, 0) is 37.9 Å². The summed E-state index contributed by atoms with van der Waals surface area (Å²) in [6, 6.07) is 6.93. The zero-order valence-corrected chi connectivity index (χ0v) is 21.8. The number of carboxylic acid groups (broad SMARTS) is 1. The number of rotatable bonds is 13. The summed E-state index contributed by atoms with van der Waals surface area (Å²) in [6.07, 6.45) is 5.28. The molecule has 1 aromatic carbocycles. The standard InChI is InChI=1S/C24H29N7O6S/c1-3-38(34,35)29-18-6-4-16(5-7-18)22-21-23(30(2)28-22)19(13-26-24(21)25)17-12-27-31(14-17)8-9-36-10-11-37-15-20(32)33/h4-7,12-14,29H,3,8-11,15H2,1-2H3,(H2,25,26)(H,32,33). The number of aryl methyl sites for hydroxylation is 1. The van der Waals surface area contributed by atoms with Gasteiger partial charge < -0.3 is 20.3 Å². The van der Waals surface area contributed by atoms with E-state index in [1.165, 1.54) is 0 Å². The average molecular weight is 544 g/mol. The molecule has 14 heteroatoms. The monoisotopic (exact) mass is 543 g/mol. The van der Waals surface area contributed by atoms with Crippen molar-refractivity contribution in [1.82, 2.24) is 24.5 Å². The summed E-state index contributed by atoms with van der Waals surface area (Å²) in [5, 5.41) is 18.3. The molecule has 4 aromatic rings. The second-order valence-electron chi connectivity index (χ2n) is 8.39. The Kier molecular flexibility index (Phi) is 8.24. The molecule has 3 heterocycles. The zero-order chi connectivity index (χ0) is 27.3. The highest BCUT2D eigenvalue weighted by molar-refractivity contribution is 7.92. The lowest BCUT2D eigenvalue weighted by atomic mass is 10.0. The van der Waals surface area contributed by atoms with Crippen LogP contribution in [0.2, 0.25) is 0 Å². The van der Waals surface area contributed by atoms with E-state index in [1.54, 1.807) is 52.9 Å². The summed E-state index contributed by atoms with van der Waals surface area (Å²) in [7, 11) is -1.55. The van der Waals surface area contributed by atoms with Gasteiger partial charge in [-0.1, -0.05) is 12.1 Å². The molecule has 38 heavy (non-hydrogen) atoms. The summed E-state index contributed by atoms with van der Waals surface area (Å²) in [5.41, 5.74) is 10.6. The average Bonchev–Trinajstić information content (AvgIpc) is 3.49. The number of aromatic nitrogens is 5. The fraction of sp³-hybridized carbons (Fsp3) is 0.333. The third-order valence-corrected chi connectivity index (χ3v) is 7.02. The first-order chi connectivity index (χ1) is 18.2. The lowest BCUT2D eigenvalue weighted by Gasteiger charge is -2.07. The van der Waals surface area contributed by atoms with Gasteiger partial charge in [0.05, 0.1) is 49.2 Å². The van der Waals surface area contributed by atoms with Crippen molar-refractivity contribution in [1.29, 1.82) is 0 Å². The van der Waals surface area contributed by atoms with Crippen molar-refractivity contribution < 1.29 is 27.8 Å². The maximum Gasteiger partial charge on any atom is 0.329 e. The van der Waals surface area contributed by atoms with Gasteiger partial charge in [0.2, 0.25) is 10.0 Å². The Balaban J connectivity index is 1.52. The van der Waals surface area contributed by atoms with Crippen LogP contribution in [0.1, 0.15) is 6.92 Å². The Hall–Kier alpha value is -4.01. The van der Waals surface area contributed by atoms with Crippen LogP contribution in [0.4, 0.5) is 11.5 Å². The minimum absolute atomic E-state index is 0.0161. The first-order valence-electron chi connectivity index (χ1n) is 11.8. The number of nitrogen functional groups attached to an aromatic ring is 1. The van der Waals surface area contributed by atoms with Crippen LogP contribution in [0, 0.1) is 0 Å². The number of nitrogens with one attached hydrogen (secondary N) is 1. The first kappa shape index (κ1) is 27.0. The fourth-order valence-corrected chi connectivity index (χ4v) is 4.50. The van der Waals surface area contributed by atoms with Crippen LogP contribution in [0.3, 0.4) is 0 Å². The normalized spacial score (nSPS) is 11.7. The van der Waals surface area contributed by atoms with Gasteiger partial charge in [0.1, 0.15) is 18.1 Å². The van der Waals surface area contributed by atoms with Crippen molar-refractivity contribution in [3.8, 4) is 22.4 Å². The van der Waals surface area contributed by atoms with E-state index in [-0.39, 0.29) is 25.6 Å². The molecule has 0 aliphatic heterocycles. The first-order valence-corrected chi connectivity index (χ1v) is 13.5. The lowest BCUT2D eigenvalue weighted by molar-refractivity contribution is -0.142. The molecular weight excluding hydrogens is 514 g/mol. The van der Waals surface area contributed by atoms with E-state index in [4.69, 9.17) is 25.4 Å². The smallest absolute Gasteiger partial charge is 0.329 e. The number of ether oxygens (including phenoxy) is 2. The maximum atomic E-state index is 11.9. The number of aliphatic carboxylic acids is 1. The van der Waals surface area contributed by atoms with Crippen molar-refractivity contribution >= 4 is 38.4 Å². The summed E-state index contributed by atoms with van der Waals surface area (Å²) >= 11 is 0. The van der Waals surface area contributed by atoms with Crippen LogP contribution in [0.15, 0.2) is 42.9 Å². The Bertz CT molecular complexity index is 1530. The van der Waals surface area contributed by atoms with Gasteiger partial charge in [-0.25, -0.2) is 18.2 Å². The van der Waals surface area contributed by atoms with Gasteiger partial charge in [-0.15, -0.1) is 0 Å². The highest BCUT2D eigenvalue weighted by Crippen LogP contribution is 2.36. The van der Waals surface area contributed by atoms with Gasteiger partial charge in [0, 0.05) is 41.8 Å². The number of nitrogens with two attached hydrogens (primary N) is 1. The molecule has 0 radical (unpaired) electrons. The molecule has 3 aromatic heterocycles. The van der Waals surface area contributed by atoms with Gasteiger partial charge in [-0.2, -0.15) is 10.2 Å². The van der Waals surface area contributed by atoms with Gasteiger partial charge >= 0.3 is 5.97 Å². The highest BCUT2D eigenvalue weighted by Gasteiger charge is 2.19. The molecule has 4 N–H and O–H groups in total. The number of sulfonamides is 1. The summed E-state index contributed by atoms with van der Waals surface area (Å²) in [4.78, 5) is 14.8. The molecule has 0 saturated heterocycles. The largest absolute Gasteiger partial charge is 0.480 e.